The van der Waals surface area contributed by atoms with E-state index in [0.29, 0.717) is 17.8 Å². The van der Waals surface area contributed by atoms with Crippen molar-refractivity contribution in [3.8, 4) is 0 Å². The molecule has 1 rings (SSSR count). The molecule has 0 amide bonds. The van der Waals surface area contributed by atoms with E-state index in [1.807, 2.05) is 39.0 Å². The van der Waals surface area contributed by atoms with Crippen LogP contribution in [-0.2, 0) is 14.2 Å². The Labute approximate surface area is 136 Å². The van der Waals surface area contributed by atoms with Gasteiger partial charge >= 0.3 is 0 Å². The fourth-order valence-corrected chi connectivity index (χ4v) is 3.06. The summed E-state index contributed by atoms with van der Waals surface area (Å²) in [5.74, 6) is 1.71. The summed E-state index contributed by atoms with van der Waals surface area (Å²) >= 11 is 0. The predicted octanol–water partition coefficient (Wildman–Crippen LogP) is 5.06. The Morgan fingerprint density at radius 1 is 0.727 bits per heavy atom. The molecule has 1 saturated carbocycles. The lowest BCUT2D eigenvalue weighted by molar-refractivity contribution is 0.0817. The van der Waals surface area contributed by atoms with Crippen molar-refractivity contribution in [2.24, 2.45) is 17.8 Å². The van der Waals surface area contributed by atoms with Crippen molar-refractivity contribution >= 4 is 0 Å². The highest BCUT2D eigenvalue weighted by atomic mass is 16.5. The van der Waals surface area contributed by atoms with Crippen LogP contribution >= 0.6 is 0 Å². The molecule has 3 heteroatoms. The Balaban J connectivity index is 2.57. The van der Waals surface area contributed by atoms with E-state index in [4.69, 9.17) is 14.2 Å². The Morgan fingerprint density at radius 3 is 1.86 bits per heavy atom. The summed E-state index contributed by atoms with van der Waals surface area (Å²) in [7, 11) is 0. The standard InChI is InChI=1S/C19H32O3/c1-4-10-20-14-17-8-7-9-18(15-21-11-5-2)19(13-17)16-22-12-6-3/h4-6,10-12,17-19H,7-9,13-16H2,1-3H3. The molecule has 0 spiro atoms. The van der Waals surface area contributed by atoms with E-state index in [-0.39, 0.29) is 0 Å². The number of allylic oxidation sites excluding steroid dienone is 3. The van der Waals surface area contributed by atoms with Gasteiger partial charge in [0, 0.05) is 0 Å². The van der Waals surface area contributed by atoms with Crippen molar-refractivity contribution in [3.63, 3.8) is 0 Å². The van der Waals surface area contributed by atoms with E-state index < -0.39 is 0 Å². The van der Waals surface area contributed by atoms with Gasteiger partial charge in [-0.15, -0.1) is 0 Å². The van der Waals surface area contributed by atoms with Gasteiger partial charge in [0.1, 0.15) is 0 Å². The molecule has 0 aliphatic heterocycles. The first kappa shape index (κ1) is 18.7. The summed E-state index contributed by atoms with van der Waals surface area (Å²) in [5.41, 5.74) is 0. The fourth-order valence-electron chi connectivity index (χ4n) is 3.06. The van der Waals surface area contributed by atoms with Crippen LogP contribution in [0.3, 0.4) is 0 Å². The maximum absolute atomic E-state index is 5.68. The van der Waals surface area contributed by atoms with Crippen LogP contribution in [-0.4, -0.2) is 19.8 Å². The molecule has 3 nitrogen and oxygen atoms in total. The van der Waals surface area contributed by atoms with Gasteiger partial charge < -0.3 is 14.2 Å². The molecular weight excluding hydrogens is 276 g/mol. The third-order valence-corrected chi connectivity index (χ3v) is 4.14. The molecule has 22 heavy (non-hydrogen) atoms. The first-order valence-corrected chi connectivity index (χ1v) is 8.50. The number of hydrogen-bond acceptors (Lipinski definition) is 3. The Bertz CT molecular complexity index is 347. The third-order valence-electron chi connectivity index (χ3n) is 4.14. The van der Waals surface area contributed by atoms with Gasteiger partial charge in [-0.3, -0.25) is 0 Å². The topological polar surface area (TPSA) is 27.7 Å². The summed E-state index contributed by atoms with van der Waals surface area (Å²) in [6.07, 6.45) is 16.0. The average molecular weight is 308 g/mol. The maximum Gasteiger partial charge on any atom is 0.0905 e. The van der Waals surface area contributed by atoms with Crippen LogP contribution < -0.4 is 0 Å². The van der Waals surface area contributed by atoms with E-state index >= 15 is 0 Å². The van der Waals surface area contributed by atoms with Gasteiger partial charge in [-0.2, -0.15) is 0 Å². The highest BCUT2D eigenvalue weighted by Crippen LogP contribution is 2.33. The molecule has 1 aliphatic carbocycles. The molecule has 3 atom stereocenters. The summed E-state index contributed by atoms with van der Waals surface area (Å²) < 4.78 is 16.9. The monoisotopic (exact) mass is 308 g/mol. The van der Waals surface area contributed by atoms with Crippen molar-refractivity contribution in [2.45, 2.75) is 46.5 Å². The van der Waals surface area contributed by atoms with E-state index in [0.717, 1.165) is 26.2 Å². The summed E-state index contributed by atoms with van der Waals surface area (Å²) in [6.45, 7) is 8.31. The van der Waals surface area contributed by atoms with Crippen molar-refractivity contribution in [3.05, 3.63) is 37.0 Å². The van der Waals surface area contributed by atoms with Crippen molar-refractivity contribution in [1.82, 2.24) is 0 Å². The number of ether oxygens (including phenoxy) is 3. The maximum atomic E-state index is 5.68. The van der Waals surface area contributed by atoms with E-state index in [1.54, 1.807) is 18.8 Å². The van der Waals surface area contributed by atoms with Gasteiger partial charge in [0.05, 0.1) is 38.6 Å². The van der Waals surface area contributed by atoms with Crippen LogP contribution in [0, 0.1) is 17.8 Å². The molecule has 0 aromatic heterocycles. The van der Waals surface area contributed by atoms with Crippen molar-refractivity contribution in [2.75, 3.05) is 19.8 Å². The van der Waals surface area contributed by atoms with Crippen LogP contribution in [0.15, 0.2) is 37.0 Å². The first-order valence-electron chi connectivity index (χ1n) is 8.50. The predicted molar refractivity (Wildman–Crippen MR) is 91.2 cm³/mol. The molecule has 0 radical (unpaired) electrons. The van der Waals surface area contributed by atoms with E-state index in [9.17, 15) is 0 Å². The normalized spacial score (nSPS) is 26.6. The molecule has 0 heterocycles. The minimum absolute atomic E-state index is 0.531. The van der Waals surface area contributed by atoms with Crippen LogP contribution in [0.25, 0.3) is 0 Å². The zero-order valence-electron chi connectivity index (χ0n) is 14.4. The molecule has 126 valence electrons. The molecule has 0 aromatic carbocycles. The van der Waals surface area contributed by atoms with Gasteiger partial charge in [0.15, 0.2) is 0 Å². The van der Waals surface area contributed by atoms with Gasteiger partial charge in [-0.25, -0.2) is 0 Å². The fraction of sp³-hybridized carbons (Fsp3) is 0.684. The lowest BCUT2D eigenvalue weighted by Gasteiger charge is -2.26. The van der Waals surface area contributed by atoms with E-state index in [2.05, 4.69) is 0 Å². The average Bonchev–Trinajstić information content (AvgIpc) is 2.71. The zero-order chi connectivity index (χ0) is 16.0. The van der Waals surface area contributed by atoms with Crippen LogP contribution in [0.2, 0.25) is 0 Å². The molecule has 0 bridgehead atoms. The first-order chi connectivity index (χ1) is 10.8. The van der Waals surface area contributed by atoms with Crippen LogP contribution in [0.4, 0.5) is 0 Å². The third kappa shape index (κ3) is 7.58. The summed E-state index contributed by atoms with van der Waals surface area (Å²) in [6, 6.07) is 0. The molecular formula is C19H32O3. The lowest BCUT2D eigenvalue weighted by Crippen LogP contribution is -2.24. The smallest absolute Gasteiger partial charge is 0.0905 e. The van der Waals surface area contributed by atoms with E-state index in [1.165, 1.54) is 19.3 Å². The number of rotatable bonds is 9. The van der Waals surface area contributed by atoms with Gasteiger partial charge in [-0.05, 0) is 57.8 Å². The molecule has 1 aliphatic rings. The largest absolute Gasteiger partial charge is 0.501 e. The quantitative estimate of drug-likeness (QED) is 0.440. The lowest BCUT2D eigenvalue weighted by atomic mass is 9.87. The second kappa shape index (κ2) is 12.2. The highest BCUT2D eigenvalue weighted by molar-refractivity contribution is 4.81. The van der Waals surface area contributed by atoms with Crippen LogP contribution in [0.5, 0.6) is 0 Å². The Hall–Kier alpha value is -1.38. The molecule has 0 N–H and O–H groups in total. The van der Waals surface area contributed by atoms with Gasteiger partial charge in [0.25, 0.3) is 0 Å². The summed E-state index contributed by atoms with van der Waals surface area (Å²) in [4.78, 5) is 0. The van der Waals surface area contributed by atoms with Gasteiger partial charge in [0.2, 0.25) is 0 Å². The molecule has 0 aromatic rings. The molecule has 3 unspecified atom stereocenters. The van der Waals surface area contributed by atoms with Gasteiger partial charge in [-0.1, -0.05) is 24.6 Å². The Kier molecular flexibility index (Phi) is 10.3. The Morgan fingerprint density at radius 2 is 1.27 bits per heavy atom. The second-order valence-corrected chi connectivity index (χ2v) is 5.96. The second-order valence-electron chi connectivity index (χ2n) is 5.96. The highest BCUT2D eigenvalue weighted by Gasteiger charge is 2.29. The number of hydrogen-bond donors (Lipinski definition) is 0. The van der Waals surface area contributed by atoms with Crippen LogP contribution in [0.1, 0.15) is 46.5 Å². The van der Waals surface area contributed by atoms with Crippen molar-refractivity contribution < 1.29 is 14.2 Å². The molecule has 0 saturated heterocycles. The van der Waals surface area contributed by atoms with Crippen molar-refractivity contribution in [1.29, 1.82) is 0 Å². The SMILES string of the molecule is CC=COCC1CCCC(COC=CC)C(COC=CC)C1. The zero-order valence-corrected chi connectivity index (χ0v) is 14.4. The molecule has 1 fully saturated rings. The summed E-state index contributed by atoms with van der Waals surface area (Å²) in [5, 5.41) is 0. The minimum Gasteiger partial charge on any atom is -0.501 e. The minimum atomic E-state index is 0.531.